The van der Waals surface area contributed by atoms with Gasteiger partial charge in [-0.2, -0.15) is 0 Å². The van der Waals surface area contributed by atoms with Crippen LogP contribution in [0.3, 0.4) is 0 Å². The molecule has 1 aromatic heterocycles. The van der Waals surface area contributed by atoms with Crippen molar-refractivity contribution < 1.29 is 17.2 Å². The summed E-state index contributed by atoms with van der Waals surface area (Å²) in [6.45, 7) is 5.09. The standard InChI is InChI=1S/C25H28F2N2O2S/c1-3-29-15(2)25(23-14-20(27)6-9-24(23)29)18-10-16-12-21(13-17(16)11-18)28-32(30,31)22-7-4-19(26)5-8-22/h4-9,14,16-18,21,28H,3,10-13H2,1-2H3. The van der Waals surface area contributed by atoms with E-state index in [1.54, 1.807) is 6.07 Å². The Balaban J connectivity index is 1.33. The minimum Gasteiger partial charge on any atom is -0.345 e. The van der Waals surface area contributed by atoms with E-state index >= 15 is 0 Å². The quantitative estimate of drug-likeness (QED) is 0.549. The van der Waals surface area contributed by atoms with Gasteiger partial charge in [0, 0.05) is 29.2 Å². The Kier molecular flexibility index (Phi) is 5.37. The number of nitrogens with one attached hydrogen (secondary N) is 1. The maximum Gasteiger partial charge on any atom is 0.240 e. The van der Waals surface area contributed by atoms with Gasteiger partial charge in [-0.15, -0.1) is 0 Å². The second-order valence-corrected chi connectivity index (χ2v) is 11.1. The molecular formula is C25H28F2N2O2S. The first-order valence-corrected chi connectivity index (χ1v) is 12.8. The Morgan fingerprint density at radius 1 is 0.969 bits per heavy atom. The van der Waals surface area contributed by atoms with Crippen LogP contribution in [0.2, 0.25) is 0 Å². The van der Waals surface area contributed by atoms with Crippen molar-refractivity contribution in [3.05, 3.63) is 65.4 Å². The SMILES string of the molecule is CCn1c(C)c(C2CC3CC(NS(=O)(=O)c4ccc(F)cc4)CC3C2)c2cc(F)ccc21. The number of halogens is 2. The number of rotatable bonds is 5. The van der Waals surface area contributed by atoms with Crippen molar-refractivity contribution in [2.24, 2.45) is 11.8 Å². The van der Waals surface area contributed by atoms with Crippen molar-refractivity contribution in [2.75, 3.05) is 0 Å². The van der Waals surface area contributed by atoms with E-state index in [1.807, 2.05) is 6.07 Å². The fourth-order valence-electron chi connectivity index (χ4n) is 6.25. The summed E-state index contributed by atoms with van der Waals surface area (Å²) in [4.78, 5) is 0.0962. The Morgan fingerprint density at radius 2 is 1.59 bits per heavy atom. The van der Waals surface area contributed by atoms with Gasteiger partial charge in [0.2, 0.25) is 10.0 Å². The van der Waals surface area contributed by atoms with Gasteiger partial charge in [-0.25, -0.2) is 21.9 Å². The molecule has 2 aromatic carbocycles. The van der Waals surface area contributed by atoms with Gasteiger partial charge in [0.25, 0.3) is 0 Å². The van der Waals surface area contributed by atoms with Crippen molar-refractivity contribution in [1.29, 1.82) is 0 Å². The zero-order valence-electron chi connectivity index (χ0n) is 18.3. The number of hydrogen-bond donors (Lipinski definition) is 1. The molecule has 0 bridgehead atoms. The van der Waals surface area contributed by atoms with Gasteiger partial charge in [0.15, 0.2) is 0 Å². The highest BCUT2D eigenvalue weighted by Gasteiger charge is 2.44. The van der Waals surface area contributed by atoms with E-state index in [2.05, 4.69) is 23.1 Å². The normalized spacial score (nSPS) is 25.5. The minimum absolute atomic E-state index is 0.0962. The topological polar surface area (TPSA) is 51.1 Å². The second kappa shape index (κ2) is 7.96. The average Bonchev–Trinajstić information content (AvgIpc) is 3.36. The van der Waals surface area contributed by atoms with Crippen LogP contribution in [0.1, 0.15) is 49.8 Å². The molecule has 1 heterocycles. The molecule has 5 rings (SSSR count). The van der Waals surface area contributed by atoms with E-state index in [4.69, 9.17) is 0 Å². The number of nitrogens with zero attached hydrogens (tertiary/aromatic N) is 1. The van der Waals surface area contributed by atoms with Crippen LogP contribution in [0, 0.1) is 30.4 Å². The fourth-order valence-corrected chi connectivity index (χ4v) is 7.51. The Hall–Kier alpha value is -2.25. The summed E-state index contributed by atoms with van der Waals surface area (Å²) >= 11 is 0. The van der Waals surface area contributed by atoms with Crippen molar-refractivity contribution in [3.63, 3.8) is 0 Å². The van der Waals surface area contributed by atoms with Crippen LogP contribution in [0.4, 0.5) is 8.78 Å². The third-order valence-corrected chi connectivity index (χ3v) is 9.06. The highest BCUT2D eigenvalue weighted by molar-refractivity contribution is 7.89. The van der Waals surface area contributed by atoms with Crippen molar-refractivity contribution in [3.8, 4) is 0 Å². The van der Waals surface area contributed by atoms with Gasteiger partial charge in [0.05, 0.1) is 4.90 Å². The van der Waals surface area contributed by atoms with E-state index in [9.17, 15) is 17.2 Å². The third kappa shape index (κ3) is 3.65. The summed E-state index contributed by atoms with van der Waals surface area (Å²) < 4.78 is 57.7. The number of aromatic nitrogens is 1. The van der Waals surface area contributed by atoms with Gasteiger partial charge in [0.1, 0.15) is 11.6 Å². The lowest BCUT2D eigenvalue weighted by molar-refractivity contribution is 0.457. The molecule has 0 radical (unpaired) electrons. The Bertz CT molecular complexity index is 1250. The first-order chi connectivity index (χ1) is 15.3. The molecule has 2 unspecified atom stereocenters. The van der Waals surface area contributed by atoms with Crippen LogP contribution >= 0.6 is 0 Å². The van der Waals surface area contributed by atoms with Crippen LogP contribution < -0.4 is 4.72 Å². The maximum atomic E-state index is 14.1. The highest BCUT2D eigenvalue weighted by atomic mass is 32.2. The van der Waals surface area contributed by atoms with Crippen LogP contribution in [0.25, 0.3) is 10.9 Å². The predicted molar refractivity (Wildman–Crippen MR) is 121 cm³/mol. The lowest BCUT2D eigenvalue weighted by Gasteiger charge is -2.17. The Labute approximate surface area is 187 Å². The number of fused-ring (bicyclic) bond motifs is 2. The number of sulfonamides is 1. The molecule has 170 valence electrons. The van der Waals surface area contributed by atoms with Crippen LogP contribution in [0.5, 0.6) is 0 Å². The molecule has 1 N–H and O–H groups in total. The molecule has 32 heavy (non-hydrogen) atoms. The van der Waals surface area contributed by atoms with Gasteiger partial charge in [-0.1, -0.05) is 0 Å². The van der Waals surface area contributed by atoms with Gasteiger partial charge >= 0.3 is 0 Å². The average molecular weight is 459 g/mol. The molecule has 2 fully saturated rings. The second-order valence-electron chi connectivity index (χ2n) is 9.34. The van der Waals surface area contributed by atoms with Crippen LogP contribution in [-0.4, -0.2) is 19.0 Å². The third-order valence-electron chi connectivity index (χ3n) is 7.52. The monoisotopic (exact) mass is 458 g/mol. The molecule has 0 saturated heterocycles. The number of hydrogen-bond acceptors (Lipinski definition) is 2. The molecule has 2 aliphatic carbocycles. The van der Waals surface area contributed by atoms with E-state index in [-0.39, 0.29) is 16.8 Å². The first-order valence-electron chi connectivity index (χ1n) is 11.3. The minimum atomic E-state index is -3.66. The van der Waals surface area contributed by atoms with Gasteiger partial charge < -0.3 is 4.57 Å². The molecule has 0 aliphatic heterocycles. The summed E-state index contributed by atoms with van der Waals surface area (Å²) in [5.74, 6) is 0.616. The fraction of sp³-hybridized carbons (Fsp3) is 0.440. The highest BCUT2D eigenvalue weighted by Crippen LogP contribution is 2.52. The molecule has 7 heteroatoms. The van der Waals surface area contributed by atoms with E-state index in [1.165, 1.54) is 41.6 Å². The lowest BCUT2D eigenvalue weighted by atomic mass is 9.91. The summed E-state index contributed by atoms with van der Waals surface area (Å²) in [5, 5.41) is 1.02. The summed E-state index contributed by atoms with van der Waals surface area (Å²) in [7, 11) is -3.66. The summed E-state index contributed by atoms with van der Waals surface area (Å²) in [6.07, 6.45) is 3.61. The molecule has 2 aliphatic rings. The summed E-state index contributed by atoms with van der Waals surface area (Å²) in [6, 6.07) is 9.90. The zero-order chi connectivity index (χ0) is 22.6. The summed E-state index contributed by atoms with van der Waals surface area (Å²) in [5.41, 5.74) is 3.56. The van der Waals surface area contributed by atoms with Gasteiger partial charge in [-0.3, -0.25) is 0 Å². The molecular weight excluding hydrogens is 430 g/mol. The number of aryl methyl sites for hydroxylation is 1. The Morgan fingerprint density at radius 3 is 2.22 bits per heavy atom. The van der Waals surface area contributed by atoms with E-state index in [0.29, 0.717) is 17.8 Å². The van der Waals surface area contributed by atoms with Crippen molar-refractivity contribution in [2.45, 2.75) is 62.9 Å². The number of benzene rings is 2. The van der Waals surface area contributed by atoms with Crippen molar-refractivity contribution in [1.82, 2.24) is 9.29 Å². The first kappa shape index (κ1) is 21.6. The molecule has 2 atom stereocenters. The lowest BCUT2D eigenvalue weighted by Crippen LogP contribution is -2.33. The molecule has 0 spiro atoms. The van der Waals surface area contributed by atoms with E-state index < -0.39 is 15.8 Å². The van der Waals surface area contributed by atoms with Crippen molar-refractivity contribution >= 4 is 20.9 Å². The molecule has 0 amide bonds. The maximum absolute atomic E-state index is 14.1. The molecule has 2 saturated carbocycles. The predicted octanol–water partition coefficient (Wildman–Crippen LogP) is 5.50. The molecule has 3 aromatic rings. The van der Waals surface area contributed by atoms with Gasteiger partial charge in [-0.05, 0) is 105 Å². The van der Waals surface area contributed by atoms with Crippen LogP contribution in [-0.2, 0) is 16.6 Å². The van der Waals surface area contributed by atoms with E-state index in [0.717, 1.165) is 43.1 Å². The zero-order valence-corrected chi connectivity index (χ0v) is 19.1. The van der Waals surface area contributed by atoms with Crippen LogP contribution in [0.15, 0.2) is 47.4 Å². The molecule has 4 nitrogen and oxygen atoms in total. The largest absolute Gasteiger partial charge is 0.345 e. The smallest absolute Gasteiger partial charge is 0.240 e.